The molecule has 0 heterocycles. The first-order valence-corrected chi connectivity index (χ1v) is 9.05. The number of halogens is 4. The standard InChI is InChI=1S/C16H11ClF3N3O3S/c17-12-4-1-11(8-21)14(7-12)23-27(25,26)13-5-2-10(3-6-13)15(24)22-9-16(18,19)20/h1-7,23H,9H2,(H,22,24). The maximum atomic E-state index is 12.4. The van der Waals surface area contributed by atoms with Crippen molar-refractivity contribution in [1.29, 1.82) is 5.26 Å². The number of hydrogen-bond donors (Lipinski definition) is 2. The number of anilines is 1. The Morgan fingerprint density at radius 3 is 2.33 bits per heavy atom. The predicted octanol–water partition coefficient (Wildman–Crippen LogP) is 3.30. The zero-order valence-electron chi connectivity index (χ0n) is 13.3. The van der Waals surface area contributed by atoms with E-state index in [0.717, 1.165) is 24.3 Å². The van der Waals surface area contributed by atoms with Crippen molar-refractivity contribution in [2.75, 3.05) is 11.3 Å². The highest BCUT2D eigenvalue weighted by Gasteiger charge is 2.28. The number of carbonyl (C=O) groups excluding carboxylic acids is 1. The molecule has 0 atom stereocenters. The molecular formula is C16H11ClF3N3O3S. The molecule has 142 valence electrons. The Balaban J connectivity index is 2.20. The largest absolute Gasteiger partial charge is 0.405 e. The molecule has 0 spiro atoms. The third-order valence-electron chi connectivity index (χ3n) is 3.22. The summed E-state index contributed by atoms with van der Waals surface area (Å²) in [5, 5.41) is 10.9. The summed E-state index contributed by atoms with van der Waals surface area (Å²) in [5.74, 6) is -0.995. The van der Waals surface area contributed by atoms with Gasteiger partial charge < -0.3 is 5.32 Å². The highest BCUT2D eigenvalue weighted by molar-refractivity contribution is 7.92. The van der Waals surface area contributed by atoms with Crippen LogP contribution in [0.3, 0.4) is 0 Å². The molecule has 0 aromatic heterocycles. The molecule has 0 saturated carbocycles. The van der Waals surface area contributed by atoms with Gasteiger partial charge in [0.15, 0.2) is 0 Å². The normalized spacial score (nSPS) is 11.5. The Labute approximate surface area is 157 Å². The number of sulfonamides is 1. The molecule has 2 rings (SSSR count). The molecule has 2 aromatic rings. The SMILES string of the molecule is N#Cc1ccc(Cl)cc1NS(=O)(=O)c1ccc(C(=O)NCC(F)(F)F)cc1. The van der Waals surface area contributed by atoms with Gasteiger partial charge in [-0.25, -0.2) is 8.42 Å². The van der Waals surface area contributed by atoms with Gasteiger partial charge in [-0.1, -0.05) is 11.6 Å². The van der Waals surface area contributed by atoms with Crippen LogP contribution in [0.15, 0.2) is 47.4 Å². The number of nitriles is 1. The van der Waals surface area contributed by atoms with Crippen LogP contribution in [-0.2, 0) is 10.0 Å². The summed E-state index contributed by atoms with van der Waals surface area (Å²) in [6.07, 6.45) is -4.56. The van der Waals surface area contributed by atoms with Gasteiger partial charge in [0.05, 0.1) is 16.1 Å². The molecule has 1 amide bonds. The van der Waals surface area contributed by atoms with Crippen LogP contribution < -0.4 is 10.0 Å². The minimum absolute atomic E-state index is 0.0306. The first kappa shape index (κ1) is 20.5. The summed E-state index contributed by atoms with van der Waals surface area (Å²) < 4.78 is 63.4. The Hall–Kier alpha value is -2.77. The van der Waals surface area contributed by atoms with Gasteiger partial charge >= 0.3 is 6.18 Å². The van der Waals surface area contributed by atoms with E-state index in [-0.39, 0.29) is 26.7 Å². The predicted molar refractivity (Wildman–Crippen MR) is 91.8 cm³/mol. The van der Waals surface area contributed by atoms with Crippen LogP contribution in [0.1, 0.15) is 15.9 Å². The topological polar surface area (TPSA) is 99.1 Å². The fourth-order valence-corrected chi connectivity index (χ4v) is 3.21. The zero-order valence-corrected chi connectivity index (χ0v) is 14.9. The molecule has 0 radical (unpaired) electrons. The highest BCUT2D eigenvalue weighted by Crippen LogP contribution is 2.24. The second-order valence-corrected chi connectivity index (χ2v) is 7.35. The number of nitrogens with one attached hydrogen (secondary N) is 2. The van der Waals surface area contributed by atoms with Crippen LogP contribution in [0.5, 0.6) is 0 Å². The number of hydrogen-bond acceptors (Lipinski definition) is 4. The van der Waals surface area contributed by atoms with Crippen molar-refractivity contribution in [3.63, 3.8) is 0 Å². The van der Waals surface area contributed by atoms with Gasteiger partial charge in [0, 0.05) is 10.6 Å². The molecule has 0 unspecified atom stereocenters. The van der Waals surface area contributed by atoms with Gasteiger partial charge in [-0.3, -0.25) is 9.52 Å². The Kier molecular flexibility index (Phi) is 5.98. The lowest BCUT2D eigenvalue weighted by atomic mass is 10.2. The van der Waals surface area contributed by atoms with E-state index < -0.39 is 28.7 Å². The van der Waals surface area contributed by atoms with Crippen molar-refractivity contribution in [3.8, 4) is 6.07 Å². The second kappa shape index (κ2) is 7.85. The fraction of sp³-hybridized carbons (Fsp3) is 0.125. The van der Waals surface area contributed by atoms with E-state index in [9.17, 15) is 26.4 Å². The van der Waals surface area contributed by atoms with E-state index in [2.05, 4.69) is 4.72 Å². The van der Waals surface area contributed by atoms with Gasteiger partial charge in [-0.05, 0) is 42.5 Å². The van der Waals surface area contributed by atoms with Gasteiger partial charge in [0.1, 0.15) is 12.6 Å². The molecule has 11 heteroatoms. The van der Waals surface area contributed by atoms with E-state index in [1.807, 2.05) is 6.07 Å². The Morgan fingerprint density at radius 1 is 1.15 bits per heavy atom. The van der Waals surface area contributed by atoms with Crippen LogP contribution in [0.2, 0.25) is 5.02 Å². The van der Waals surface area contributed by atoms with Crippen LogP contribution in [0.4, 0.5) is 18.9 Å². The van der Waals surface area contributed by atoms with Crippen LogP contribution in [0.25, 0.3) is 0 Å². The Bertz CT molecular complexity index is 1000. The smallest absolute Gasteiger partial charge is 0.343 e. The third-order valence-corrected chi connectivity index (χ3v) is 4.84. The molecule has 0 aliphatic carbocycles. The van der Waals surface area contributed by atoms with Crippen LogP contribution in [0, 0.1) is 11.3 Å². The highest BCUT2D eigenvalue weighted by atomic mass is 35.5. The van der Waals surface area contributed by atoms with Gasteiger partial charge in [0.25, 0.3) is 15.9 Å². The minimum atomic E-state index is -4.56. The van der Waals surface area contributed by atoms with Crippen molar-refractivity contribution in [3.05, 3.63) is 58.6 Å². The third kappa shape index (κ3) is 5.60. The van der Waals surface area contributed by atoms with Gasteiger partial charge in [0.2, 0.25) is 0 Å². The monoisotopic (exact) mass is 417 g/mol. The van der Waals surface area contributed by atoms with Crippen molar-refractivity contribution in [2.45, 2.75) is 11.1 Å². The molecule has 27 heavy (non-hydrogen) atoms. The molecular weight excluding hydrogens is 407 g/mol. The molecule has 0 saturated heterocycles. The van der Waals surface area contributed by atoms with Crippen molar-refractivity contribution < 1.29 is 26.4 Å². The lowest BCUT2D eigenvalue weighted by Crippen LogP contribution is -2.33. The number of nitrogens with zero attached hydrogens (tertiary/aromatic N) is 1. The van der Waals surface area contributed by atoms with Crippen LogP contribution >= 0.6 is 11.6 Å². The number of amides is 1. The Morgan fingerprint density at radius 2 is 1.78 bits per heavy atom. The quantitative estimate of drug-likeness (QED) is 0.779. The van der Waals surface area contributed by atoms with E-state index >= 15 is 0 Å². The maximum absolute atomic E-state index is 12.4. The first-order chi connectivity index (χ1) is 12.5. The molecule has 2 N–H and O–H groups in total. The van der Waals surface area contributed by atoms with E-state index in [4.69, 9.17) is 16.9 Å². The van der Waals surface area contributed by atoms with E-state index in [1.54, 1.807) is 5.32 Å². The first-order valence-electron chi connectivity index (χ1n) is 7.19. The van der Waals surface area contributed by atoms with E-state index in [0.29, 0.717) is 0 Å². The summed E-state index contributed by atoms with van der Waals surface area (Å²) in [4.78, 5) is 11.4. The molecule has 0 aliphatic rings. The lowest BCUT2D eigenvalue weighted by molar-refractivity contribution is -0.123. The van der Waals surface area contributed by atoms with Crippen LogP contribution in [-0.4, -0.2) is 27.0 Å². The molecule has 0 fully saturated rings. The molecule has 0 bridgehead atoms. The van der Waals surface area contributed by atoms with Gasteiger partial charge in [-0.15, -0.1) is 0 Å². The summed E-state index contributed by atoms with van der Waals surface area (Å²) in [6.45, 7) is -1.50. The summed E-state index contributed by atoms with van der Waals surface area (Å²) in [6, 6.07) is 10.1. The second-order valence-electron chi connectivity index (χ2n) is 5.23. The number of rotatable bonds is 5. The minimum Gasteiger partial charge on any atom is -0.343 e. The average Bonchev–Trinajstić information content (AvgIpc) is 2.59. The van der Waals surface area contributed by atoms with E-state index in [1.165, 1.54) is 18.2 Å². The average molecular weight is 418 g/mol. The maximum Gasteiger partial charge on any atom is 0.405 e. The molecule has 2 aromatic carbocycles. The fourth-order valence-electron chi connectivity index (χ4n) is 1.97. The molecule has 0 aliphatic heterocycles. The summed E-state index contributed by atoms with van der Waals surface area (Å²) in [7, 11) is -4.11. The number of alkyl halides is 3. The van der Waals surface area contributed by atoms with Crippen molar-refractivity contribution in [2.24, 2.45) is 0 Å². The molecule has 6 nitrogen and oxygen atoms in total. The zero-order chi connectivity index (χ0) is 20.2. The van der Waals surface area contributed by atoms with Crippen molar-refractivity contribution in [1.82, 2.24) is 5.32 Å². The van der Waals surface area contributed by atoms with Crippen molar-refractivity contribution >= 4 is 33.2 Å². The number of carbonyl (C=O) groups is 1. The van der Waals surface area contributed by atoms with Gasteiger partial charge in [-0.2, -0.15) is 18.4 Å². The summed E-state index contributed by atoms with van der Waals surface area (Å²) >= 11 is 5.80. The lowest BCUT2D eigenvalue weighted by Gasteiger charge is -2.11. The number of benzene rings is 2. The summed E-state index contributed by atoms with van der Waals surface area (Å²) in [5.41, 5.74) is -0.123.